The van der Waals surface area contributed by atoms with E-state index in [1.807, 2.05) is 17.2 Å². The Kier molecular flexibility index (Phi) is 7.92. The van der Waals surface area contributed by atoms with Crippen molar-refractivity contribution in [2.24, 2.45) is 11.8 Å². The van der Waals surface area contributed by atoms with E-state index in [2.05, 4.69) is 60.8 Å². The first-order chi connectivity index (χ1) is 19.0. The molecule has 0 radical (unpaired) electrons. The number of fused-ring (bicyclic) bond motifs is 2. The highest BCUT2D eigenvalue weighted by Gasteiger charge is 2.35. The van der Waals surface area contributed by atoms with Gasteiger partial charge in [-0.2, -0.15) is 0 Å². The number of pyridine rings is 1. The molecule has 1 saturated carbocycles. The molecule has 1 aromatic carbocycles. The highest BCUT2D eigenvalue weighted by atomic mass is 35.5. The minimum atomic E-state index is 0.126. The Morgan fingerprint density at radius 1 is 1.10 bits per heavy atom. The molecule has 4 nitrogen and oxygen atoms in total. The molecule has 2 aromatic rings. The van der Waals surface area contributed by atoms with Crippen LogP contribution in [-0.2, 0) is 0 Å². The van der Waals surface area contributed by atoms with E-state index in [9.17, 15) is 4.79 Å². The molecule has 1 saturated heterocycles. The molecular weight excluding hydrogens is 502 g/mol. The Bertz CT molecular complexity index is 1300. The summed E-state index contributed by atoms with van der Waals surface area (Å²) in [5.74, 6) is 1.11. The molecule has 204 valence electrons. The van der Waals surface area contributed by atoms with Crippen molar-refractivity contribution in [1.29, 1.82) is 0 Å². The van der Waals surface area contributed by atoms with Crippen molar-refractivity contribution in [2.45, 2.75) is 76.7 Å². The molecule has 1 N–H and O–H groups in total. The Labute approximate surface area is 238 Å². The van der Waals surface area contributed by atoms with E-state index in [-0.39, 0.29) is 11.9 Å². The van der Waals surface area contributed by atoms with E-state index < -0.39 is 0 Å². The SMILES string of the molecule is CC1=CC(CCC2=Cc3cc(Cl)ccc3C(C3CCN(C(=O)NC4CCCCC4)CC3)c3ncccc32)C=C1. The molecule has 3 aliphatic carbocycles. The number of urea groups is 1. The summed E-state index contributed by atoms with van der Waals surface area (Å²) in [7, 11) is 0. The van der Waals surface area contributed by atoms with Gasteiger partial charge in [-0.1, -0.05) is 72.9 Å². The Balaban J connectivity index is 1.24. The summed E-state index contributed by atoms with van der Waals surface area (Å²) >= 11 is 6.54. The topological polar surface area (TPSA) is 45.2 Å². The lowest BCUT2D eigenvalue weighted by Crippen LogP contribution is -2.48. The van der Waals surface area contributed by atoms with Crippen molar-refractivity contribution < 1.29 is 4.79 Å². The number of rotatable bonds is 5. The minimum Gasteiger partial charge on any atom is -0.335 e. The largest absolute Gasteiger partial charge is 0.335 e. The smallest absolute Gasteiger partial charge is 0.317 e. The molecule has 2 amide bonds. The van der Waals surface area contributed by atoms with Gasteiger partial charge in [0.2, 0.25) is 0 Å². The molecular formula is C34H40ClN3O. The normalized spacial score (nSPS) is 23.5. The first-order valence-corrected chi connectivity index (χ1v) is 15.3. The number of carbonyl (C=O) groups excluding carboxylic acids is 1. The number of nitrogens with one attached hydrogen (secondary N) is 1. The number of amides is 2. The quantitative estimate of drug-likeness (QED) is 0.413. The second-order valence-corrected chi connectivity index (χ2v) is 12.4. The predicted molar refractivity (Wildman–Crippen MR) is 161 cm³/mol. The van der Waals surface area contributed by atoms with Gasteiger partial charge >= 0.3 is 6.03 Å². The zero-order chi connectivity index (χ0) is 26.8. The minimum absolute atomic E-state index is 0.126. The highest BCUT2D eigenvalue weighted by molar-refractivity contribution is 6.30. The van der Waals surface area contributed by atoms with Crippen molar-refractivity contribution in [3.63, 3.8) is 0 Å². The number of likely N-dealkylation sites (tertiary alicyclic amines) is 1. The fourth-order valence-electron chi connectivity index (χ4n) is 7.16. The van der Waals surface area contributed by atoms with Crippen LogP contribution >= 0.6 is 11.6 Å². The number of allylic oxidation sites excluding steroid dienone is 5. The molecule has 1 aromatic heterocycles. The maximum absolute atomic E-state index is 13.1. The number of benzene rings is 1. The van der Waals surface area contributed by atoms with Gasteiger partial charge in [0.15, 0.2) is 0 Å². The summed E-state index contributed by atoms with van der Waals surface area (Å²) in [6.45, 7) is 3.77. The summed E-state index contributed by atoms with van der Waals surface area (Å²) in [5, 5.41) is 4.09. The molecule has 5 heteroatoms. The van der Waals surface area contributed by atoms with Crippen molar-refractivity contribution >= 4 is 29.3 Å². The van der Waals surface area contributed by atoms with Crippen LogP contribution in [-0.4, -0.2) is 35.0 Å². The average molecular weight is 542 g/mol. The number of hydrogen-bond donors (Lipinski definition) is 1. The summed E-state index contributed by atoms with van der Waals surface area (Å²) < 4.78 is 0. The zero-order valence-electron chi connectivity index (χ0n) is 23.0. The van der Waals surface area contributed by atoms with Crippen molar-refractivity contribution in [1.82, 2.24) is 15.2 Å². The van der Waals surface area contributed by atoms with Gasteiger partial charge in [0, 0.05) is 36.3 Å². The summed E-state index contributed by atoms with van der Waals surface area (Å²) in [4.78, 5) is 20.1. The third-order valence-electron chi connectivity index (χ3n) is 9.25. The fourth-order valence-corrected chi connectivity index (χ4v) is 7.34. The second-order valence-electron chi connectivity index (χ2n) is 11.9. The van der Waals surface area contributed by atoms with Gasteiger partial charge in [-0.25, -0.2) is 4.79 Å². The van der Waals surface area contributed by atoms with Crippen LogP contribution < -0.4 is 5.32 Å². The lowest BCUT2D eigenvalue weighted by molar-refractivity contribution is 0.160. The van der Waals surface area contributed by atoms with E-state index in [4.69, 9.17) is 16.6 Å². The molecule has 0 bridgehead atoms. The highest BCUT2D eigenvalue weighted by Crippen LogP contribution is 2.45. The number of carbonyl (C=O) groups is 1. The van der Waals surface area contributed by atoms with E-state index in [0.29, 0.717) is 17.9 Å². The molecule has 1 aliphatic heterocycles. The molecule has 2 atom stereocenters. The molecule has 2 fully saturated rings. The van der Waals surface area contributed by atoms with E-state index in [1.165, 1.54) is 52.8 Å². The molecule has 39 heavy (non-hydrogen) atoms. The van der Waals surface area contributed by atoms with Crippen LogP contribution in [0.15, 0.2) is 60.3 Å². The lowest BCUT2D eigenvalue weighted by atomic mass is 9.76. The van der Waals surface area contributed by atoms with E-state index in [0.717, 1.165) is 56.6 Å². The predicted octanol–water partition coefficient (Wildman–Crippen LogP) is 8.39. The Hall–Kier alpha value is -2.85. The summed E-state index contributed by atoms with van der Waals surface area (Å²) in [5.41, 5.74) is 7.69. The standard InChI is InChI=1S/C34H40ClN3O/c1-23-9-10-24(20-23)11-12-26-21-27-22-28(35)13-14-30(27)32(33-31(26)8-5-17-36-33)25-15-18-38(19-16-25)34(39)37-29-6-3-2-4-7-29/h5,8-10,13-14,17,20-22,24-25,29,32H,2-4,6-7,11-12,15-16,18-19H2,1H3,(H,37,39). The van der Waals surface area contributed by atoms with Crippen LogP contribution in [0.4, 0.5) is 4.79 Å². The summed E-state index contributed by atoms with van der Waals surface area (Å²) in [6.07, 6.45) is 21.3. The number of hydrogen-bond acceptors (Lipinski definition) is 2. The zero-order valence-corrected chi connectivity index (χ0v) is 23.8. The van der Waals surface area contributed by atoms with Crippen molar-refractivity contribution in [3.05, 3.63) is 87.7 Å². The van der Waals surface area contributed by atoms with Crippen LogP contribution in [0.1, 0.15) is 93.0 Å². The maximum Gasteiger partial charge on any atom is 0.317 e. The van der Waals surface area contributed by atoms with E-state index in [1.54, 1.807) is 0 Å². The lowest BCUT2D eigenvalue weighted by Gasteiger charge is -2.37. The van der Waals surface area contributed by atoms with Crippen LogP contribution in [0.2, 0.25) is 5.02 Å². The van der Waals surface area contributed by atoms with Crippen LogP contribution in [0.3, 0.4) is 0 Å². The first-order valence-electron chi connectivity index (χ1n) is 14.9. The number of aromatic nitrogens is 1. The average Bonchev–Trinajstić information content (AvgIpc) is 3.32. The van der Waals surface area contributed by atoms with Crippen molar-refractivity contribution in [3.8, 4) is 0 Å². The number of halogens is 1. The third kappa shape index (κ3) is 5.87. The van der Waals surface area contributed by atoms with Gasteiger partial charge in [0.25, 0.3) is 0 Å². The van der Waals surface area contributed by atoms with Gasteiger partial charge < -0.3 is 10.2 Å². The van der Waals surface area contributed by atoms with Gasteiger partial charge in [-0.05, 0) is 97.7 Å². The van der Waals surface area contributed by atoms with Gasteiger partial charge in [0.1, 0.15) is 0 Å². The monoisotopic (exact) mass is 541 g/mol. The van der Waals surface area contributed by atoms with Gasteiger partial charge in [0.05, 0.1) is 5.69 Å². The third-order valence-corrected chi connectivity index (χ3v) is 9.49. The molecule has 0 spiro atoms. The van der Waals surface area contributed by atoms with Crippen LogP contribution in [0.25, 0.3) is 11.6 Å². The Morgan fingerprint density at radius 2 is 1.92 bits per heavy atom. The van der Waals surface area contributed by atoms with Crippen LogP contribution in [0.5, 0.6) is 0 Å². The number of nitrogens with zero attached hydrogens (tertiary/aromatic N) is 2. The van der Waals surface area contributed by atoms with Crippen LogP contribution in [0, 0.1) is 11.8 Å². The second kappa shape index (κ2) is 11.7. The Morgan fingerprint density at radius 3 is 2.69 bits per heavy atom. The fraction of sp³-hybridized carbons (Fsp3) is 0.471. The van der Waals surface area contributed by atoms with Crippen molar-refractivity contribution in [2.75, 3.05) is 13.1 Å². The molecule has 6 rings (SSSR count). The molecule has 4 aliphatic rings. The maximum atomic E-state index is 13.1. The summed E-state index contributed by atoms with van der Waals surface area (Å²) in [6, 6.07) is 11.2. The number of piperidine rings is 1. The molecule has 2 unspecified atom stereocenters. The van der Waals surface area contributed by atoms with Gasteiger partial charge in [-0.15, -0.1) is 0 Å². The van der Waals surface area contributed by atoms with E-state index >= 15 is 0 Å². The first kappa shape index (κ1) is 26.4. The van der Waals surface area contributed by atoms with Gasteiger partial charge in [-0.3, -0.25) is 4.98 Å². The molecule has 2 heterocycles.